The Morgan fingerprint density at radius 3 is 2.84 bits per heavy atom. The zero-order chi connectivity index (χ0) is 14.0. The Kier molecular flexibility index (Phi) is 4.14. The second-order valence-electron chi connectivity index (χ2n) is 4.38. The molecule has 0 aromatic carbocycles. The molecule has 1 aliphatic heterocycles. The Hall–Kier alpha value is -1.09. The second-order valence-corrected chi connectivity index (χ2v) is 7.90. The molecule has 1 saturated heterocycles. The first-order valence-electron chi connectivity index (χ1n) is 5.83. The maximum Gasteiger partial charge on any atom is 0.277 e. The molecule has 0 saturated carbocycles. The summed E-state index contributed by atoms with van der Waals surface area (Å²) in [6.07, 6.45) is 0.514. The zero-order valence-electron chi connectivity index (χ0n) is 10.6. The number of carbonyl (C=O) groups excluding carboxylic acids is 1. The standard InChI is InChI=1S/C10H15N3O4S2/c1-6(8(14)11-2)18-10-13-12-9(17-10)7-3-4-19(15,16)5-7/h6-7H,3-5H2,1-2H3,(H,11,14)/t6-,7+/m0/s1. The summed E-state index contributed by atoms with van der Waals surface area (Å²) in [6, 6.07) is 0. The van der Waals surface area contributed by atoms with Gasteiger partial charge in [-0.15, -0.1) is 10.2 Å². The molecule has 2 heterocycles. The van der Waals surface area contributed by atoms with Crippen LogP contribution < -0.4 is 5.32 Å². The number of carbonyl (C=O) groups is 1. The van der Waals surface area contributed by atoms with Crippen LogP contribution in [0, 0.1) is 0 Å². The lowest BCUT2D eigenvalue weighted by Crippen LogP contribution is -2.27. The summed E-state index contributed by atoms with van der Waals surface area (Å²) in [5.41, 5.74) is 0. The van der Waals surface area contributed by atoms with Crippen molar-refractivity contribution in [1.82, 2.24) is 15.5 Å². The van der Waals surface area contributed by atoms with Crippen molar-refractivity contribution in [3.8, 4) is 0 Å². The van der Waals surface area contributed by atoms with Gasteiger partial charge in [0.05, 0.1) is 22.7 Å². The Morgan fingerprint density at radius 2 is 2.26 bits per heavy atom. The number of hydrogen-bond donors (Lipinski definition) is 1. The van der Waals surface area contributed by atoms with E-state index in [2.05, 4.69) is 15.5 Å². The number of hydrogen-bond acceptors (Lipinski definition) is 7. The van der Waals surface area contributed by atoms with E-state index in [1.165, 1.54) is 0 Å². The molecule has 1 aromatic rings. The topological polar surface area (TPSA) is 102 Å². The zero-order valence-corrected chi connectivity index (χ0v) is 12.3. The molecule has 7 nitrogen and oxygen atoms in total. The summed E-state index contributed by atoms with van der Waals surface area (Å²) in [4.78, 5) is 11.4. The fourth-order valence-corrected chi connectivity index (χ4v) is 4.31. The van der Waals surface area contributed by atoms with Crippen LogP contribution in [0.5, 0.6) is 0 Å². The van der Waals surface area contributed by atoms with Gasteiger partial charge in [0.25, 0.3) is 5.22 Å². The van der Waals surface area contributed by atoms with Gasteiger partial charge in [0.1, 0.15) is 0 Å². The summed E-state index contributed by atoms with van der Waals surface area (Å²) >= 11 is 1.15. The van der Waals surface area contributed by atoms with Crippen LogP contribution in [0.4, 0.5) is 0 Å². The second kappa shape index (κ2) is 5.49. The van der Waals surface area contributed by atoms with Gasteiger partial charge in [-0.1, -0.05) is 11.8 Å². The molecule has 1 N–H and O–H groups in total. The van der Waals surface area contributed by atoms with Crippen LogP contribution in [-0.4, -0.2) is 48.3 Å². The van der Waals surface area contributed by atoms with E-state index in [1.807, 2.05) is 0 Å². The van der Waals surface area contributed by atoms with Gasteiger partial charge < -0.3 is 9.73 Å². The Balaban J connectivity index is 2.02. The molecule has 1 amide bonds. The van der Waals surface area contributed by atoms with E-state index in [9.17, 15) is 13.2 Å². The van der Waals surface area contributed by atoms with E-state index in [1.54, 1.807) is 14.0 Å². The SMILES string of the molecule is CNC(=O)[C@H](C)Sc1nnc([C@@H]2CCS(=O)(=O)C2)o1. The number of nitrogens with one attached hydrogen (secondary N) is 1. The van der Waals surface area contributed by atoms with Gasteiger partial charge >= 0.3 is 0 Å². The molecule has 2 atom stereocenters. The highest BCUT2D eigenvalue weighted by Gasteiger charge is 2.33. The van der Waals surface area contributed by atoms with Crippen LogP contribution in [0.1, 0.15) is 25.2 Å². The third kappa shape index (κ3) is 3.47. The van der Waals surface area contributed by atoms with Gasteiger partial charge in [0.15, 0.2) is 9.84 Å². The first kappa shape index (κ1) is 14.3. The van der Waals surface area contributed by atoms with Crippen molar-refractivity contribution in [2.45, 2.75) is 29.7 Å². The van der Waals surface area contributed by atoms with Crippen LogP contribution in [0.15, 0.2) is 9.64 Å². The quantitative estimate of drug-likeness (QED) is 0.793. The van der Waals surface area contributed by atoms with Crippen molar-refractivity contribution >= 4 is 27.5 Å². The molecule has 106 valence electrons. The number of sulfone groups is 1. The normalized spacial score (nSPS) is 23.2. The average Bonchev–Trinajstić information content (AvgIpc) is 2.94. The summed E-state index contributed by atoms with van der Waals surface area (Å²) in [5, 5.41) is 10.2. The number of nitrogens with zero attached hydrogens (tertiary/aromatic N) is 2. The van der Waals surface area contributed by atoms with Crippen molar-refractivity contribution in [1.29, 1.82) is 0 Å². The third-order valence-corrected chi connectivity index (χ3v) is 5.60. The Labute approximate surface area is 115 Å². The molecule has 1 aromatic heterocycles. The van der Waals surface area contributed by atoms with E-state index in [4.69, 9.17) is 4.42 Å². The van der Waals surface area contributed by atoms with Crippen LogP contribution in [0.2, 0.25) is 0 Å². The highest BCUT2D eigenvalue weighted by Crippen LogP contribution is 2.30. The molecule has 1 aliphatic rings. The first-order chi connectivity index (χ1) is 8.91. The predicted molar refractivity (Wildman–Crippen MR) is 69.7 cm³/mol. The van der Waals surface area contributed by atoms with Crippen molar-refractivity contribution in [3.63, 3.8) is 0 Å². The lowest BCUT2D eigenvalue weighted by atomic mass is 10.1. The van der Waals surface area contributed by atoms with Gasteiger partial charge in [-0.2, -0.15) is 0 Å². The molecule has 2 rings (SSSR count). The predicted octanol–water partition coefficient (Wildman–Crippen LogP) is 0.198. The van der Waals surface area contributed by atoms with Crippen LogP contribution in [0.3, 0.4) is 0 Å². The smallest absolute Gasteiger partial charge is 0.277 e. The molecular formula is C10H15N3O4S2. The van der Waals surface area contributed by atoms with Crippen LogP contribution in [0.25, 0.3) is 0 Å². The van der Waals surface area contributed by atoms with E-state index in [-0.39, 0.29) is 33.8 Å². The molecule has 9 heteroatoms. The number of thioether (sulfide) groups is 1. The van der Waals surface area contributed by atoms with Gasteiger partial charge in [-0.3, -0.25) is 4.79 Å². The van der Waals surface area contributed by atoms with E-state index >= 15 is 0 Å². The summed E-state index contributed by atoms with van der Waals surface area (Å²) in [7, 11) is -1.42. The maximum absolute atomic E-state index is 11.4. The maximum atomic E-state index is 11.4. The lowest BCUT2D eigenvalue weighted by Gasteiger charge is -2.05. The van der Waals surface area contributed by atoms with Gasteiger partial charge in [-0.05, 0) is 13.3 Å². The summed E-state index contributed by atoms with van der Waals surface area (Å²) < 4.78 is 28.2. The summed E-state index contributed by atoms with van der Waals surface area (Å²) in [6.45, 7) is 1.73. The van der Waals surface area contributed by atoms with E-state index in [0.717, 1.165) is 11.8 Å². The van der Waals surface area contributed by atoms with Crippen molar-refractivity contribution in [3.05, 3.63) is 5.89 Å². The van der Waals surface area contributed by atoms with E-state index < -0.39 is 9.84 Å². The molecule has 19 heavy (non-hydrogen) atoms. The minimum absolute atomic E-state index is 0.0598. The van der Waals surface area contributed by atoms with Gasteiger partial charge in [-0.25, -0.2) is 8.42 Å². The Bertz CT molecular complexity index is 569. The minimum atomic E-state index is -2.97. The van der Waals surface area contributed by atoms with Crippen molar-refractivity contribution in [2.75, 3.05) is 18.6 Å². The van der Waals surface area contributed by atoms with E-state index in [0.29, 0.717) is 12.3 Å². The highest BCUT2D eigenvalue weighted by molar-refractivity contribution is 8.00. The monoisotopic (exact) mass is 305 g/mol. The molecule has 0 bridgehead atoms. The summed E-state index contributed by atoms with van der Waals surface area (Å²) in [5.74, 6) is 0.213. The minimum Gasteiger partial charge on any atom is -0.416 e. The molecule has 1 fully saturated rings. The van der Waals surface area contributed by atoms with Crippen LogP contribution in [-0.2, 0) is 14.6 Å². The van der Waals surface area contributed by atoms with Crippen LogP contribution >= 0.6 is 11.8 Å². The van der Waals surface area contributed by atoms with Crippen molar-refractivity contribution < 1.29 is 17.6 Å². The number of aromatic nitrogens is 2. The largest absolute Gasteiger partial charge is 0.416 e. The molecule has 0 radical (unpaired) electrons. The molecule has 0 unspecified atom stereocenters. The third-order valence-electron chi connectivity index (χ3n) is 2.90. The fourth-order valence-electron chi connectivity index (χ4n) is 1.83. The van der Waals surface area contributed by atoms with Crippen molar-refractivity contribution in [2.24, 2.45) is 0 Å². The Morgan fingerprint density at radius 1 is 1.53 bits per heavy atom. The number of amides is 1. The molecular weight excluding hydrogens is 290 g/mol. The molecule has 0 aliphatic carbocycles. The van der Waals surface area contributed by atoms with Gasteiger partial charge in [0.2, 0.25) is 11.8 Å². The first-order valence-corrected chi connectivity index (χ1v) is 8.53. The lowest BCUT2D eigenvalue weighted by molar-refractivity contribution is -0.119. The fraction of sp³-hybridized carbons (Fsp3) is 0.700. The highest BCUT2D eigenvalue weighted by atomic mass is 32.2. The van der Waals surface area contributed by atoms with Gasteiger partial charge in [0, 0.05) is 7.05 Å². The molecule has 0 spiro atoms. The number of rotatable bonds is 4. The average molecular weight is 305 g/mol.